The van der Waals surface area contributed by atoms with Crippen LogP contribution in [0.5, 0.6) is 5.75 Å². The second-order valence-electron chi connectivity index (χ2n) is 3.67. The number of hydrogen-bond donors (Lipinski definition) is 1. The first-order chi connectivity index (χ1) is 7.65. The number of aryl methyl sites for hydroxylation is 2. The molecule has 2 N–H and O–H groups in total. The lowest BCUT2D eigenvalue weighted by Crippen LogP contribution is -2.16. The Morgan fingerprint density at radius 1 is 1.56 bits per heavy atom. The average Bonchev–Trinajstić information content (AvgIpc) is 2.83. The van der Waals surface area contributed by atoms with Gasteiger partial charge in [-0.25, -0.2) is 0 Å². The molecule has 0 spiro atoms. The molecule has 0 saturated carbocycles. The Hall–Kier alpha value is -1.33. The third-order valence-corrected chi connectivity index (χ3v) is 3.75. The van der Waals surface area contributed by atoms with Gasteiger partial charge in [-0.3, -0.25) is 4.68 Å². The van der Waals surface area contributed by atoms with Gasteiger partial charge in [0, 0.05) is 11.9 Å². The minimum Gasteiger partial charge on any atom is -0.493 e. The van der Waals surface area contributed by atoms with E-state index < -0.39 is 0 Å². The first-order valence-electron chi connectivity index (χ1n) is 5.00. The van der Waals surface area contributed by atoms with Crippen molar-refractivity contribution in [2.75, 3.05) is 7.11 Å². The SMILES string of the molecule is COc1cnn(C)c1C(N)c1sccc1C. The lowest BCUT2D eigenvalue weighted by atomic mass is 10.1. The van der Waals surface area contributed by atoms with E-state index >= 15 is 0 Å². The molecule has 4 nitrogen and oxygen atoms in total. The maximum Gasteiger partial charge on any atom is 0.161 e. The number of nitrogens with zero attached hydrogens (tertiary/aromatic N) is 2. The van der Waals surface area contributed by atoms with Gasteiger partial charge < -0.3 is 10.5 Å². The number of rotatable bonds is 3. The maximum absolute atomic E-state index is 6.25. The molecule has 0 saturated heterocycles. The van der Waals surface area contributed by atoms with E-state index in [0.717, 1.165) is 16.3 Å². The summed E-state index contributed by atoms with van der Waals surface area (Å²) < 4.78 is 7.03. The topological polar surface area (TPSA) is 53.1 Å². The van der Waals surface area contributed by atoms with Crippen LogP contribution in [0.15, 0.2) is 17.6 Å². The summed E-state index contributed by atoms with van der Waals surface area (Å²) in [5, 5.41) is 6.21. The highest BCUT2D eigenvalue weighted by molar-refractivity contribution is 7.10. The molecule has 0 fully saturated rings. The molecule has 0 aliphatic heterocycles. The second-order valence-corrected chi connectivity index (χ2v) is 4.62. The minimum absolute atomic E-state index is 0.178. The third-order valence-electron chi connectivity index (χ3n) is 2.65. The van der Waals surface area contributed by atoms with Crippen LogP contribution in [0.4, 0.5) is 0 Å². The van der Waals surface area contributed by atoms with Crippen LogP contribution in [0.25, 0.3) is 0 Å². The van der Waals surface area contributed by atoms with Gasteiger partial charge >= 0.3 is 0 Å². The largest absolute Gasteiger partial charge is 0.493 e. The smallest absolute Gasteiger partial charge is 0.161 e. The van der Waals surface area contributed by atoms with Gasteiger partial charge in [0.2, 0.25) is 0 Å². The Morgan fingerprint density at radius 3 is 2.88 bits per heavy atom. The molecule has 0 aromatic carbocycles. The molecule has 2 heterocycles. The van der Waals surface area contributed by atoms with E-state index in [4.69, 9.17) is 10.5 Å². The molecule has 0 radical (unpaired) electrons. The van der Waals surface area contributed by atoms with Gasteiger partial charge in [0.1, 0.15) is 5.69 Å². The average molecular weight is 237 g/mol. The van der Waals surface area contributed by atoms with Gasteiger partial charge in [0.25, 0.3) is 0 Å². The summed E-state index contributed by atoms with van der Waals surface area (Å²) in [6.45, 7) is 2.06. The fourth-order valence-corrected chi connectivity index (χ4v) is 2.70. The van der Waals surface area contributed by atoms with E-state index in [1.807, 2.05) is 12.4 Å². The zero-order chi connectivity index (χ0) is 11.7. The van der Waals surface area contributed by atoms with Crippen molar-refractivity contribution in [3.05, 3.63) is 33.8 Å². The van der Waals surface area contributed by atoms with Crippen LogP contribution >= 0.6 is 11.3 Å². The standard InChI is InChI=1S/C11H15N3OS/c1-7-4-5-16-11(7)9(12)10-8(15-3)6-13-14(10)2/h4-6,9H,12H2,1-3H3. The highest BCUT2D eigenvalue weighted by Crippen LogP contribution is 2.32. The van der Waals surface area contributed by atoms with Crippen molar-refractivity contribution < 1.29 is 4.74 Å². The molecule has 2 aromatic heterocycles. The van der Waals surface area contributed by atoms with Crippen LogP contribution < -0.4 is 10.5 Å². The number of methoxy groups -OCH3 is 1. The first-order valence-corrected chi connectivity index (χ1v) is 5.88. The molecular formula is C11H15N3OS. The van der Waals surface area contributed by atoms with E-state index in [2.05, 4.69) is 18.1 Å². The van der Waals surface area contributed by atoms with Gasteiger partial charge in [0.15, 0.2) is 5.75 Å². The van der Waals surface area contributed by atoms with Crippen molar-refractivity contribution >= 4 is 11.3 Å². The molecule has 1 atom stereocenters. The molecule has 0 bridgehead atoms. The molecule has 0 aliphatic rings. The summed E-state index contributed by atoms with van der Waals surface area (Å²) in [6.07, 6.45) is 1.69. The van der Waals surface area contributed by atoms with Crippen molar-refractivity contribution in [2.45, 2.75) is 13.0 Å². The van der Waals surface area contributed by atoms with Crippen LogP contribution in [0.1, 0.15) is 22.2 Å². The highest BCUT2D eigenvalue weighted by Gasteiger charge is 2.20. The number of nitrogens with two attached hydrogens (primary N) is 1. The zero-order valence-corrected chi connectivity index (χ0v) is 10.4. The molecule has 86 valence electrons. The fraction of sp³-hybridized carbons (Fsp3) is 0.364. The van der Waals surface area contributed by atoms with Gasteiger partial charge in [-0.2, -0.15) is 5.10 Å². The number of thiophene rings is 1. The summed E-state index contributed by atoms with van der Waals surface area (Å²) in [6, 6.07) is 1.89. The number of hydrogen-bond acceptors (Lipinski definition) is 4. The summed E-state index contributed by atoms with van der Waals surface area (Å²) in [5.41, 5.74) is 8.37. The fourth-order valence-electron chi connectivity index (χ4n) is 1.77. The summed E-state index contributed by atoms with van der Waals surface area (Å²) in [5.74, 6) is 0.739. The number of ether oxygens (including phenoxy) is 1. The molecule has 2 rings (SSSR count). The monoisotopic (exact) mass is 237 g/mol. The van der Waals surface area contributed by atoms with E-state index in [1.165, 1.54) is 5.56 Å². The highest BCUT2D eigenvalue weighted by atomic mass is 32.1. The van der Waals surface area contributed by atoms with Crippen molar-refractivity contribution in [1.82, 2.24) is 9.78 Å². The van der Waals surface area contributed by atoms with E-state index in [1.54, 1.807) is 29.3 Å². The first kappa shape index (κ1) is 11.2. The predicted octanol–water partition coefficient (Wildman–Crippen LogP) is 1.85. The lowest BCUT2D eigenvalue weighted by molar-refractivity contribution is 0.406. The Balaban J connectivity index is 2.44. The molecule has 0 amide bonds. The second kappa shape index (κ2) is 4.27. The van der Waals surface area contributed by atoms with Crippen molar-refractivity contribution in [3.8, 4) is 5.75 Å². The Labute approximate surface area is 98.6 Å². The minimum atomic E-state index is -0.178. The lowest BCUT2D eigenvalue weighted by Gasteiger charge is -2.13. The molecule has 0 aliphatic carbocycles. The van der Waals surface area contributed by atoms with E-state index in [0.29, 0.717) is 0 Å². The molecular weight excluding hydrogens is 222 g/mol. The van der Waals surface area contributed by atoms with Crippen LogP contribution in [-0.4, -0.2) is 16.9 Å². The Kier molecular flexibility index (Phi) is 2.98. The van der Waals surface area contributed by atoms with Crippen molar-refractivity contribution in [2.24, 2.45) is 12.8 Å². The van der Waals surface area contributed by atoms with Gasteiger partial charge in [-0.05, 0) is 23.9 Å². The summed E-state index contributed by atoms with van der Waals surface area (Å²) in [4.78, 5) is 1.15. The predicted molar refractivity (Wildman–Crippen MR) is 64.8 cm³/mol. The van der Waals surface area contributed by atoms with Crippen LogP contribution in [0.3, 0.4) is 0 Å². The van der Waals surface area contributed by atoms with Gasteiger partial charge in [-0.1, -0.05) is 0 Å². The van der Waals surface area contributed by atoms with Crippen molar-refractivity contribution in [3.63, 3.8) is 0 Å². The molecule has 16 heavy (non-hydrogen) atoms. The number of aromatic nitrogens is 2. The van der Waals surface area contributed by atoms with Crippen molar-refractivity contribution in [1.29, 1.82) is 0 Å². The van der Waals surface area contributed by atoms with Crippen LogP contribution in [0.2, 0.25) is 0 Å². The Bertz CT molecular complexity index is 489. The summed E-state index contributed by atoms with van der Waals surface area (Å²) >= 11 is 1.66. The van der Waals surface area contributed by atoms with Crippen LogP contribution in [-0.2, 0) is 7.05 Å². The quantitative estimate of drug-likeness (QED) is 0.886. The Morgan fingerprint density at radius 2 is 2.31 bits per heavy atom. The van der Waals surface area contributed by atoms with E-state index in [9.17, 15) is 0 Å². The van der Waals surface area contributed by atoms with Crippen LogP contribution in [0, 0.1) is 6.92 Å². The van der Waals surface area contributed by atoms with Gasteiger partial charge in [0.05, 0.1) is 19.3 Å². The molecule has 1 unspecified atom stereocenters. The molecule has 2 aromatic rings. The summed E-state index contributed by atoms with van der Waals surface area (Å²) in [7, 11) is 3.51. The van der Waals surface area contributed by atoms with Gasteiger partial charge in [-0.15, -0.1) is 11.3 Å². The maximum atomic E-state index is 6.25. The normalized spacial score (nSPS) is 12.8. The molecule has 5 heteroatoms. The van der Waals surface area contributed by atoms with E-state index in [-0.39, 0.29) is 6.04 Å². The zero-order valence-electron chi connectivity index (χ0n) is 9.60. The third kappa shape index (κ3) is 1.72.